The number of likely N-dealkylation sites (tertiary alicyclic amines) is 1. The van der Waals surface area contributed by atoms with E-state index < -0.39 is 15.6 Å². The van der Waals surface area contributed by atoms with Crippen molar-refractivity contribution >= 4 is 15.9 Å². The number of sulfonamides is 1. The molecule has 156 valence electrons. The number of benzene rings is 1. The summed E-state index contributed by atoms with van der Waals surface area (Å²) in [6.45, 7) is 3.69. The molecule has 2 aliphatic heterocycles. The predicted octanol–water partition coefficient (Wildman–Crippen LogP) is 1.41. The molecule has 9 heteroatoms. The number of carbonyl (C=O) groups excluding carboxylic acids is 1. The lowest BCUT2D eigenvalue weighted by Crippen LogP contribution is -2.58. The monoisotopic (exact) mass is 418 g/mol. The number of fused-ring (bicyclic) bond motifs is 1. The Morgan fingerprint density at radius 2 is 2.14 bits per heavy atom. The maximum atomic E-state index is 12.8. The molecule has 8 nitrogen and oxygen atoms in total. The molecule has 0 radical (unpaired) electrons. The molecule has 0 aliphatic carbocycles. The smallest absolute Gasteiger partial charge is 0.242 e. The number of aromatic nitrogens is 2. The number of hydrogen-bond donors (Lipinski definition) is 0. The molecule has 29 heavy (non-hydrogen) atoms. The van der Waals surface area contributed by atoms with Gasteiger partial charge in [-0.25, -0.2) is 13.4 Å². The first-order chi connectivity index (χ1) is 13.7. The summed E-state index contributed by atoms with van der Waals surface area (Å²) in [5.41, 5.74) is 1.15. The van der Waals surface area contributed by atoms with Crippen LogP contribution >= 0.6 is 0 Å². The number of rotatable bonds is 3. The third-order valence-electron chi connectivity index (χ3n) is 5.59. The van der Waals surface area contributed by atoms with E-state index >= 15 is 0 Å². The van der Waals surface area contributed by atoms with Gasteiger partial charge in [0.1, 0.15) is 17.9 Å². The summed E-state index contributed by atoms with van der Waals surface area (Å²) < 4.78 is 34.6. The average molecular weight is 419 g/mol. The number of aryl methyl sites for hydroxylation is 1. The zero-order valence-electron chi connectivity index (χ0n) is 16.7. The summed E-state index contributed by atoms with van der Waals surface area (Å²) in [5.74, 6) is 0.676. The number of carbonyl (C=O) groups is 1. The third-order valence-corrected chi connectivity index (χ3v) is 6.79. The number of ether oxygens (including phenoxy) is 1. The second kappa shape index (κ2) is 7.46. The summed E-state index contributed by atoms with van der Waals surface area (Å²) in [6, 6.07) is 5.84. The van der Waals surface area contributed by atoms with Crippen molar-refractivity contribution in [2.75, 3.05) is 25.9 Å². The van der Waals surface area contributed by atoms with Gasteiger partial charge in [-0.15, -0.1) is 0 Å². The second-order valence-electron chi connectivity index (χ2n) is 8.08. The van der Waals surface area contributed by atoms with Crippen LogP contribution in [0.2, 0.25) is 0 Å². The Hall–Kier alpha value is -2.39. The SMILES string of the molecule is Cc1ccc2c(c1)CN(S(C)(=O)=O)CC1(CCCN(C(=O)Cn3ccnc3)C1)O2. The molecule has 2 aromatic rings. The topological polar surface area (TPSA) is 84.7 Å². The lowest BCUT2D eigenvalue weighted by molar-refractivity contribution is -0.137. The van der Waals surface area contributed by atoms with Crippen LogP contribution < -0.4 is 4.74 Å². The summed E-state index contributed by atoms with van der Waals surface area (Å²) in [5, 5.41) is 0. The molecule has 1 fully saturated rings. The molecular weight excluding hydrogens is 392 g/mol. The minimum absolute atomic E-state index is 0.0232. The summed E-state index contributed by atoms with van der Waals surface area (Å²) >= 11 is 0. The van der Waals surface area contributed by atoms with Crippen molar-refractivity contribution in [2.24, 2.45) is 0 Å². The maximum Gasteiger partial charge on any atom is 0.242 e. The molecule has 0 N–H and O–H groups in total. The molecule has 3 heterocycles. The summed E-state index contributed by atoms with van der Waals surface area (Å²) in [4.78, 5) is 18.6. The van der Waals surface area contributed by atoms with E-state index in [4.69, 9.17) is 4.74 Å². The van der Waals surface area contributed by atoms with E-state index in [-0.39, 0.29) is 25.5 Å². The Kier molecular flexibility index (Phi) is 5.12. The first-order valence-electron chi connectivity index (χ1n) is 9.71. The van der Waals surface area contributed by atoms with E-state index in [9.17, 15) is 13.2 Å². The Morgan fingerprint density at radius 1 is 1.31 bits per heavy atom. The standard InChI is InChI=1S/C20H26N4O4S/c1-16-4-5-18-17(10-16)11-24(29(2,26)27)14-20(28-18)6-3-8-23(13-20)19(25)12-22-9-7-21-15-22/h4-5,7,9-10,15H,3,6,8,11-14H2,1-2H3. The van der Waals surface area contributed by atoms with E-state index in [0.717, 1.165) is 17.5 Å². The number of imidazole rings is 1. The molecule has 2 aliphatic rings. The highest BCUT2D eigenvalue weighted by atomic mass is 32.2. The van der Waals surface area contributed by atoms with Crippen LogP contribution in [0.4, 0.5) is 0 Å². The highest BCUT2D eigenvalue weighted by molar-refractivity contribution is 7.88. The van der Waals surface area contributed by atoms with Crippen LogP contribution in [-0.4, -0.2) is 64.6 Å². The zero-order valence-corrected chi connectivity index (χ0v) is 17.6. The van der Waals surface area contributed by atoms with Crippen LogP contribution in [0.5, 0.6) is 5.75 Å². The highest BCUT2D eigenvalue weighted by Crippen LogP contribution is 2.36. The highest BCUT2D eigenvalue weighted by Gasteiger charge is 2.44. The van der Waals surface area contributed by atoms with Crippen molar-refractivity contribution in [3.63, 3.8) is 0 Å². The molecule has 1 amide bonds. The number of hydrogen-bond acceptors (Lipinski definition) is 5. The maximum absolute atomic E-state index is 12.8. The fraction of sp³-hybridized carbons (Fsp3) is 0.500. The van der Waals surface area contributed by atoms with Gasteiger partial charge < -0.3 is 14.2 Å². The van der Waals surface area contributed by atoms with E-state index in [2.05, 4.69) is 4.98 Å². The fourth-order valence-electron chi connectivity index (χ4n) is 4.16. The van der Waals surface area contributed by atoms with Crippen LogP contribution in [0.3, 0.4) is 0 Å². The second-order valence-corrected chi connectivity index (χ2v) is 10.1. The Bertz CT molecular complexity index is 1010. The largest absolute Gasteiger partial charge is 0.484 e. The molecule has 1 spiro atoms. The van der Waals surface area contributed by atoms with E-state index in [1.54, 1.807) is 28.2 Å². The lowest BCUT2D eigenvalue weighted by Gasteiger charge is -2.43. The normalized spacial score (nSPS) is 22.8. The number of nitrogens with zero attached hydrogens (tertiary/aromatic N) is 4. The number of piperidine rings is 1. The minimum Gasteiger partial charge on any atom is -0.484 e. The van der Waals surface area contributed by atoms with E-state index in [0.29, 0.717) is 25.3 Å². The number of amides is 1. The van der Waals surface area contributed by atoms with Crippen molar-refractivity contribution < 1.29 is 17.9 Å². The van der Waals surface area contributed by atoms with Gasteiger partial charge in [-0.3, -0.25) is 4.79 Å². The molecule has 1 atom stereocenters. The summed E-state index contributed by atoms with van der Waals surface area (Å²) in [6.07, 6.45) is 7.69. The van der Waals surface area contributed by atoms with Crippen LogP contribution in [-0.2, 0) is 27.9 Å². The van der Waals surface area contributed by atoms with Gasteiger partial charge in [-0.2, -0.15) is 4.31 Å². The van der Waals surface area contributed by atoms with E-state index in [1.165, 1.54) is 10.6 Å². The van der Waals surface area contributed by atoms with Crippen LogP contribution in [0.25, 0.3) is 0 Å². The van der Waals surface area contributed by atoms with Crippen molar-refractivity contribution in [1.29, 1.82) is 0 Å². The molecule has 1 aromatic heterocycles. The Balaban J connectivity index is 1.63. The Morgan fingerprint density at radius 3 is 2.86 bits per heavy atom. The van der Waals surface area contributed by atoms with Gasteiger partial charge in [0, 0.05) is 31.0 Å². The van der Waals surface area contributed by atoms with Crippen LogP contribution in [0.15, 0.2) is 36.9 Å². The molecule has 1 saturated heterocycles. The van der Waals surface area contributed by atoms with Gasteiger partial charge in [-0.1, -0.05) is 17.7 Å². The van der Waals surface area contributed by atoms with E-state index in [1.807, 2.05) is 25.1 Å². The average Bonchev–Trinajstić information content (AvgIpc) is 3.10. The van der Waals surface area contributed by atoms with Gasteiger partial charge in [-0.05, 0) is 25.8 Å². The quantitative estimate of drug-likeness (QED) is 0.752. The first-order valence-corrected chi connectivity index (χ1v) is 11.6. The van der Waals surface area contributed by atoms with Crippen molar-refractivity contribution in [1.82, 2.24) is 18.8 Å². The minimum atomic E-state index is -3.42. The molecule has 1 unspecified atom stereocenters. The predicted molar refractivity (Wildman–Crippen MR) is 108 cm³/mol. The lowest BCUT2D eigenvalue weighted by atomic mass is 9.92. The molecule has 0 saturated carbocycles. The van der Waals surface area contributed by atoms with Gasteiger partial charge >= 0.3 is 0 Å². The summed E-state index contributed by atoms with van der Waals surface area (Å²) in [7, 11) is -3.42. The Labute approximate surface area is 171 Å². The molecular formula is C20H26N4O4S. The van der Waals surface area contributed by atoms with Crippen molar-refractivity contribution in [3.05, 3.63) is 48.0 Å². The third kappa shape index (κ3) is 4.30. The first kappa shape index (κ1) is 19.9. The van der Waals surface area contributed by atoms with Gasteiger partial charge in [0.05, 0.1) is 25.7 Å². The molecule has 1 aromatic carbocycles. The molecule has 4 rings (SSSR count). The molecule has 0 bridgehead atoms. The van der Waals surface area contributed by atoms with Crippen LogP contribution in [0, 0.1) is 6.92 Å². The van der Waals surface area contributed by atoms with Crippen molar-refractivity contribution in [2.45, 2.75) is 38.5 Å². The van der Waals surface area contributed by atoms with Gasteiger partial charge in [0.15, 0.2) is 0 Å². The van der Waals surface area contributed by atoms with Gasteiger partial charge in [0.25, 0.3) is 0 Å². The van der Waals surface area contributed by atoms with Crippen LogP contribution in [0.1, 0.15) is 24.0 Å². The van der Waals surface area contributed by atoms with Gasteiger partial charge in [0.2, 0.25) is 15.9 Å². The zero-order chi connectivity index (χ0) is 20.6. The van der Waals surface area contributed by atoms with Crippen molar-refractivity contribution in [3.8, 4) is 5.75 Å². The fourth-order valence-corrected chi connectivity index (χ4v) is 5.00.